The van der Waals surface area contributed by atoms with Crippen LogP contribution in [0.15, 0.2) is 0 Å². The van der Waals surface area contributed by atoms with E-state index in [0.717, 1.165) is 25.7 Å². The minimum atomic E-state index is -0.903. The summed E-state index contributed by atoms with van der Waals surface area (Å²) in [5.41, 5.74) is 0. The van der Waals surface area contributed by atoms with Crippen molar-refractivity contribution in [3.05, 3.63) is 0 Å². The number of carbonyl (C=O) groups is 3. The molecule has 0 bridgehead atoms. The fourth-order valence-corrected chi connectivity index (χ4v) is 3.37. The molecule has 4 atom stereocenters. The Morgan fingerprint density at radius 2 is 1.95 bits per heavy atom. The van der Waals surface area contributed by atoms with E-state index in [1.165, 1.54) is 0 Å². The van der Waals surface area contributed by atoms with Gasteiger partial charge in [-0.3, -0.25) is 14.4 Å². The van der Waals surface area contributed by atoms with Crippen molar-refractivity contribution in [2.45, 2.75) is 44.2 Å². The highest BCUT2D eigenvalue weighted by molar-refractivity contribution is 5.93. The van der Waals surface area contributed by atoms with Crippen molar-refractivity contribution in [2.24, 2.45) is 11.8 Å². The fraction of sp³-hybridized carbons (Fsp3) is 0.769. The summed E-state index contributed by atoms with van der Waals surface area (Å²) < 4.78 is 0. The van der Waals surface area contributed by atoms with Crippen molar-refractivity contribution < 1.29 is 19.5 Å². The van der Waals surface area contributed by atoms with Crippen molar-refractivity contribution in [1.82, 2.24) is 10.2 Å². The molecule has 3 aliphatic rings. The highest BCUT2D eigenvalue weighted by Crippen LogP contribution is 2.41. The molecule has 2 N–H and O–H groups in total. The van der Waals surface area contributed by atoms with Crippen LogP contribution in [0.4, 0.5) is 0 Å². The van der Waals surface area contributed by atoms with E-state index in [0.29, 0.717) is 6.42 Å². The van der Waals surface area contributed by atoms with Gasteiger partial charge in [-0.25, -0.2) is 0 Å². The van der Waals surface area contributed by atoms with Crippen molar-refractivity contribution in [3.8, 4) is 0 Å². The van der Waals surface area contributed by atoms with E-state index in [1.54, 1.807) is 4.90 Å². The van der Waals surface area contributed by atoms with Gasteiger partial charge in [-0.05, 0) is 19.3 Å². The van der Waals surface area contributed by atoms with Gasteiger partial charge in [0.25, 0.3) is 0 Å². The molecule has 3 rings (SSSR count). The lowest BCUT2D eigenvalue weighted by Crippen LogP contribution is -2.63. The summed E-state index contributed by atoms with van der Waals surface area (Å²) in [5.74, 6) is -2.12. The Bertz CT molecular complexity index is 436. The van der Waals surface area contributed by atoms with Gasteiger partial charge in [0.15, 0.2) is 0 Å². The minimum absolute atomic E-state index is 0.0565. The second kappa shape index (κ2) is 4.51. The second-order valence-corrected chi connectivity index (χ2v) is 5.78. The maximum Gasteiger partial charge on any atom is 0.307 e. The number of hydrogen-bond donors (Lipinski definition) is 2. The molecule has 1 aliphatic heterocycles. The van der Waals surface area contributed by atoms with Gasteiger partial charge in [-0.2, -0.15) is 0 Å². The number of amides is 2. The summed E-state index contributed by atoms with van der Waals surface area (Å²) in [7, 11) is 0. The molecule has 0 spiro atoms. The summed E-state index contributed by atoms with van der Waals surface area (Å²) in [6.45, 7) is 0.0861. The van der Waals surface area contributed by atoms with Gasteiger partial charge in [0.2, 0.25) is 11.8 Å². The van der Waals surface area contributed by atoms with E-state index in [-0.39, 0.29) is 30.4 Å². The van der Waals surface area contributed by atoms with Gasteiger partial charge in [-0.15, -0.1) is 0 Å². The van der Waals surface area contributed by atoms with Crippen molar-refractivity contribution >= 4 is 17.8 Å². The van der Waals surface area contributed by atoms with Gasteiger partial charge >= 0.3 is 5.97 Å². The first kappa shape index (κ1) is 12.4. The molecule has 3 fully saturated rings. The molecule has 2 amide bonds. The molecule has 2 saturated carbocycles. The van der Waals surface area contributed by atoms with Crippen LogP contribution in [0.3, 0.4) is 0 Å². The number of nitrogens with zero attached hydrogens (tertiary/aromatic N) is 1. The standard InChI is InChI=1S/C13H18N2O4/c16-11-6-15(10-4-2-1-3-9(10)14-11)12(17)7-5-8(7)13(18)19/h7-10H,1-6H2,(H,14,16)(H,18,19). The molecular formula is C13H18N2O4. The molecule has 19 heavy (non-hydrogen) atoms. The van der Waals surface area contributed by atoms with Gasteiger partial charge in [0.05, 0.1) is 24.4 Å². The van der Waals surface area contributed by atoms with E-state index < -0.39 is 17.8 Å². The molecule has 0 aromatic rings. The van der Waals surface area contributed by atoms with E-state index in [4.69, 9.17) is 5.11 Å². The van der Waals surface area contributed by atoms with Crippen LogP contribution in [0.25, 0.3) is 0 Å². The van der Waals surface area contributed by atoms with Gasteiger partial charge in [0, 0.05) is 6.04 Å². The van der Waals surface area contributed by atoms with Gasteiger partial charge in [-0.1, -0.05) is 12.8 Å². The molecule has 0 aromatic carbocycles. The smallest absolute Gasteiger partial charge is 0.307 e. The van der Waals surface area contributed by atoms with Crippen LogP contribution in [-0.2, 0) is 14.4 Å². The average molecular weight is 266 g/mol. The molecule has 2 aliphatic carbocycles. The van der Waals surface area contributed by atoms with Crippen LogP contribution < -0.4 is 5.32 Å². The van der Waals surface area contributed by atoms with E-state index in [1.807, 2.05) is 0 Å². The molecule has 6 nitrogen and oxygen atoms in total. The Balaban J connectivity index is 1.73. The third-order valence-electron chi connectivity index (χ3n) is 4.50. The molecule has 0 radical (unpaired) electrons. The van der Waals surface area contributed by atoms with Gasteiger partial charge < -0.3 is 15.3 Å². The largest absolute Gasteiger partial charge is 0.481 e. The average Bonchev–Trinajstić information content (AvgIpc) is 3.17. The highest BCUT2D eigenvalue weighted by Gasteiger charge is 2.52. The number of carbonyl (C=O) groups excluding carboxylic acids is 2. The van der Waals surface area contributed by atoms with Crippen molar-refractivity contribution in [3.63, 3.8) is 0 Å². The molecule has 1 saturated heterocycles. The first-order valence-corrected chi connectivity index (χ1v) is 6.90. The zero-order valence-electron chi connectivity index (χ0n) is 10.7. The lowest BCUT2D eigenvalue weighted by molar-refractivity contribution is -0.147. The molecule has 6 heteroatoms. The predicted molar refractivity (Wildman–Crippen MR) is 65.1 cm³/mol. The fourth-order valence-electron chi connectivity index (χ4n) is 3.37. The lowest BCUT2D eigenvalue weighted by Gasteiger charge is -2.44. The number of carboxylic acid groups (broad SMARTS) is 1. The number of rotatable bonds is 2. The van der Waals surface area contributed by atoms with Crippen LogP contribution >= 0.6 is 0 Å². The third-order valence-corrected chi connectivity index (χ3v) is 4.50. The monoisotopic (exact) mass is 266 g/mol. The van der Waals surface area contributed by atoms with Crippen LogP contribution in [0.2, 0.25) is 0 Å². The number of nitrogens with one attached hydrogen (secondary N) is 1. The number of fused-ring (bicyclic) bond motifs is 1. The first-order valence-electron chi connectivity index (χ1n) is 6.90. The Kier molecular flexibility index (Phi) is 2.95. The summed E-state index contributed by atoms with van der Waals surface area (Å²) in [6, 6.07) is 0.120. The van der Waals surface area contributed by atoms with Crippen molar-refractivity contribution in [2.75, 3.05) is 6.54 Å². The van der Waals surface area contributed by atoms with Crippen molar-refractivity contribution in [1.29, 1.82) is 0 Å². The van der Waals surface area contributed by atoms with Crippen LogP contribution in [0.5, 0.6) is 0 Å². The van der Waals surface area contributed by atoms with E-state index in [2.05, 4.69) is 5.32 Å². The predicted octanol–water partition coefficient (Wildman–Crippen LogP) is -0.0233. The Morgan fingerprint density at radius 1 is 1.21 bits per heavy atom. The molecule has 0 aromatic heterocycles. The SMILES string of the molecule is O=C1CN(C(=O)C2CC2C(=O)O)C2CCCCC2N1. The Labute approximate surface area is 111 Å². The number of aliphatic carboxylic acids is 1. The molecular weight excluding hydrogens is 248 g/mol. The minimum Gasteiger partial charge on any atom is -0.481 e. The molecule has 104 valence electrons. The highest BCUT2D eigenvalue weighted by atomic mass is 16.4. The summed E-state index contributed by atoms with van der Waals surface area (Å²) in [4.78, 5) is 36.5. The normalized spacial score (nSPS) is 37.3. The van der Waals surface area contributed by atoms with Crippen LogP contribution in [-0.4, -0.2) is 46.4 Å². The zero-order valence-corrected chi connectivity index (χ0v) is 10.7. The zero-order chi connectivity index (χ0) is 13.6. The topological polar surface area (TPSA) is 86.7 Å². The summed E-state index contributed by atoms with van der Waals surface area (Å²) in [6.07, 6.45) is 4.37. The Morgan fingerprint density at radius 3 is 2.63 bits per heavy atom. The molecule has 1 heterocycles. The van der Waals surface area contributed by atoms with E-state index >= 15 is 0 Å². The van der Waals surface area contributed by atoms with Crippen LogP contribution in [0.1, 0.15) is 32.1 Å². The Hall–Kier alpha value is -1.59. The van der Waals surface area contributed by atoms with E-state index in [9.17, 15) is 14.4 Å². The summed E-state index contributed by atoms with van der Waals surface area (Å²) >= 11 is 0. The quantitative estimate of drug-likeness (QED) is 0.735. The second-order valence-electron chi connectivity index (χ2n) is 5.78. The maximum absolute atomic E-state index is 12.4. The summed E-state index contributed by atoms with van der Waals surface area (Å²) in [5, 5.41) is 11.9. The number of carboxylic acids is 1. The lowest BCUT2D eigenvalue weighted by atomic mass is 9.87. The number of hydrogen-bond acceptors (Lipinski definition) is 3. The van der Waals surface area contributed by atoms with Crippen LogP contribution in [0, 0.1) is 11.8 Å². The van der Waals surface area contributed by atoms with Gasteiger partial charge in [0.1, 0.15) is 0 Å². The third kappa shape index (κ3) is 2.19. The molecule has 4 unspecified atom stereocenters. The maximum atomic E-state index is 12.4. The number of piperazine rings is 1. The first-order chi connectivity index (χ1) is 9.08.